The second-order valence-electron chi connectivity index (χ2n) is 6.11. The summed E-state index contributed by atoms with van der Waals surface area (Å²) in [6.07, 6.45) is 5.06. The minimum Gasteiger partial charge on any atom is -0.288 e. The molecule has 2 aromatic rings. The summed E-state index contributed by atoms with van der Waals surface area (Å²) in [6.45, 7) is 2.36. The van der Waals surface area contributed by atoms with Crippen molar-refractivity contribution >= 4 is 23.5 Å². The molecule has 2 aromatic heterocycles. The average molecular weight is 366 g/mol. The van der Waals surface area contributed by atoms with Crippen LogP contribution >= 0.6 is 11.6 Å². The number of tetrazole rings is 1. The van der Waals surface area contributed by atoms with Crippen molar-refractivity contribution in [1.29, 1.82) is 0 Å². The minimum atomic E-state index is -0.540. The Balaban J connectivity index is 1.97. The molecule has 0 radical (unpaired) electrons. The maximum Gasteiger partial charge on any atom is 0.280 e. The third-order valence-corrected chi connectivity index (χ3v) is 4.89. The molecule has 0 saturated heterocycles. The summed E-state index contributed by atoms with van der Waals surface area (Å²) in [5.41, 5.74) is 0.251. The van der Waals surface area contributed by atoms with Gasteiger partial charge in [0.15, 0.2) is 5.69 Å². The van der Waals surface area contributed by atoms with Crippen molar-refractivity contribution in [1.82, 2.24) is 30.0 Å². The van der Waals surface area contributed by atoms with Crippen molar-refractivity contribution in [3.8, 4) is 0 Å². The minimum absolute atomic E-state index is 0.00925. The molecule has 134 valence electrons. The van der Waals surface area contributed by atoms with Crippen molar-refractivity contribution in [2.75, 3.05) is 5.32 Å². The Labute approximate surface area is 149 Å². The molecule has 2 heterocycles. The third-order valence-electron chi connectivity index (χ3n) is 4.50. The summed E-state index contributed by atoms with van der Waals surface area (Å²) in [5.74, 6) is -0.268. The highest BCUT2D eigenvalue weighted by Gasteiger charge is 2.27. The molecule has 1 N–H and O–H groups in total. The lowest BCUT2D eigenvalue weighted by molar-refractivity contribution is 0.101. The van der Waals surface area contributed by atoms with Crippen molar-refractivity contribution in [2.45, 2.75) is 51.5 Å². The molecule has 1 aliphatic carbocycles. The van der Waals surface area contributed by atoms with Crippen molar-refractivity contribution in [3.05, 3.63) is 26.6 Å². The van der Waals surface area contributed by atoms with Gasteiger partial charge in [-0.1, -0.05) is 36.0 Å². The molecule has 1 amide bonds. The van der Waals surface area contributed by atoms with E-state index in [-0.39, 0.29) is 28.1 Å². The molecule has 1 saturated carbocycles. The first kappa shape index (κ1) is 17.5. The molecule has 1 aliphatic rings. The molecule has 3 rings (SSSR count). The monoisotopic (exact) mass is 365 g/mol. The number of carbonyl (C=O) groups is 1. The van der Waals surface area contributed by atoms with E-state index in [0.29, 0.717) is 12.1 Å². The first-order valence-corrected chi connectivity index (χ1v) is 8.75. The SMILES string of the molecule is CCn1nnnc1NC(=O)c1nn(C)c(=O)c(C2CCCCC2)c1Cl. The number of carbonyl (C=O) groups excluding carboxylic acids is 1. The molecule has 0 aromatic carbocycles. The van der Waals surface area contributed by atoms with E-state index in [1.807, 2.05) is 6.92 Å². The van der Waals surface area contributed by atoms with Crippen LogP contribution in [0.4, 0.5) is 5.95 Å². The van der Waals surface area contributed by atoms with Gasteiger partial charge in [-0.15, -0.1) is 0 Å². The van der Waals surface area contributed by atoms with Gasteiger partial charge >= 0.3 is 0 Å². The maximum atomic E-state index is 12.6. The number of aryl methyl sites for hydroxylation is 2. The molecule has 10 heteroatoms. The number of anilines is 1. The quantitative estimate of drug-likeness (QED) is 0.884. The van der Waals surface area contributed by atoms with Crippen molar-refractivity contribution < 1.29 is 4.79 Å². The summed E-state index contributed by atoms with van der Waals surface area (Å²) in [6, 6.07) is 0. The summed E-state index contributed by atoms with van der Waals surface area (Å²) in [7, 11) is 1.53. The van der Waals surface area contributed by atoms with E-state index in [2.05, 4.69) is 25.9 Å². The smallest absolute Gasteiger partial charge is 0.280 e. The molecule has 0 atom stereocenters. The molecule has 1 fully saturated rings. The van der Waals surface area contributed by atoms with E-state index >= 15 is 0 Å². The van der Waals surface area contributed by atoms with Gasteiger partial charge in [0.05, 0.1) is 5.02 Å². The average Bonchev–Trinajstić information content (AvgIpc) is 3.06. The summed E-state index contributed by atoms with van der Waals surface area (Å²) >= 11 is 6.43. The zero-order chi connectivity index (χ0) is 18.0. The Hall–Kier alpha value is -2.29. The van der Waals surface area contributed by atoms with E-state index in [1.165, 1.54) is 16.4 Å². The zero-order valence-electron chi connectivity index (χ0n) is 14.2. The van der Waals surface area contributed by atoms with Gasteiger partial charge in [-0.25, -0.2) is 9.36 Å². The number of hydrogen-bond acceptors (Lipinski definition) is 6. The van der Waals surface area contributed by atoms with E-state index in [1.54, 1.807) is 0 Å². The van der Waals surface area contributed by atoms with E-state index in [9.17, 15) is 9.59 Å². The molecular formula is C15H20ClN7O2. The first-order chi connectivity index (χ1) is 12.0. The normalized spacial score (nSPS) is 15.3. The highest BCUT2D eigenvalue weighted by Crippen LogP contribution is 2.35. The Morgan fingerprint density at radius 1 is 1.32 bits per heavy atom. The van der Waals surface area contributed by atoms with Gasteiger partial charge in [0.1, 0.15) is 0 Å². The van der Waals surface area contributed by atoms with Crippen LogP contribution in [-0.4, -0.2) is 35.9 Å². The second kappa shape index (κ2) is 7.30. The highest BCUT2D eigenvalue weighted by atomic mass is 35.5. The predicted octanol–water partition coefficient (Wildman–Crippen LogP) is 1.74. The lowest BCUT2D eigenvalue weighted by Crippen LogP contribution is -2.31. The number of aromatic nitrogens is 6. The fourth-order valence-corrected chi connectivity index (χ4v) is 3.55. The summed E-state index contributed by atoms with van der Waals surface area (Å²) in [5, 5.41) is 17.8. The van der Waals surface area contributed by atoms with Crippen molar-refractivity contribution in [3.63, 3.8) is 0 Å². The molecule has 0 spiro atoms. The lowest BCUT2D eigenvalue weighted by Gasteiger charge is -2.23. The summed E-state index contributed by atoms with van der Waals surface area (Å²) in [4.78, 5) is 25.1. The second-order valence-corrected chi connectivity index (χ2v) is 6.49. The fourth-order valence-electron chi connectivity index (χ4n) is 3.19. The van der Waals surface area contributed by atoms with Gasteiger partial charge in [-0.3, -0.25) is 14.9 Å². The number of amides is 1. The van der Waals surface area contributed by atoms with Gasteiger partial charge in [0.2, 0.25) is 5.95 Å². The van der Waals surface area contributed by atoms with E-state index < -0.39 is 5.91 Å². The van der Waals surface area contributed by atoms with E-state index in [0.717, 1.165) is 32.1 Å². The van der Waals surface area contributed by atoms with Gasteiger partial charge in [-0.05, 0) is 36.1 Å². The standard InChI is InChI=1S/C15H20ClN7O2/c1-3-23-15(18-20-21-23)17-13(24)12-11(16)10(14(25)22(2)19-12)9-7-5-4-6-8-9/h9H,3-8H2,1-2H3,(H,17,18,21,24). The largest absolute Gasteiger partial charge is 0.288 e. The zero-order valence-corrected chi connectivity index (χ0v) is 15.0. The maximum absolute atomic E-state index is 12.6. The number of nitrogens with one attached hydrogen (secondary N) is 1. The van der Waals surface area contributed by atoms with Crippen LogP contribution < -0.4 is 10.9 Å². The topological polar surface area (TPSA) is 108 Å². The Morgan fingerprint density at radius 2 is 2.04 bits per heavy atom. The molecule has 25 heavy (non-hydrogen) atoms. The van der Waals surface area contributed by atoms with Gasteiger partial charge in [-0.2, -0.15) is 5.10 Å². The Morgan fingerprint density at radius 3 is 2.72 bits per heavy atom. The van der Waals surface area contributed by atoms with Crippen LogP contribution in [0.2, 0.25) is 5.02 Å². The van der Waals surface area contributed by atoms with Crippen LogP contribution in [0.25, 0.3) is 0 Å². The van der Waals surface area contributed by atoms with Crippen LogP contribution in [-0.2, 0) is 13.6 Å². The molecule has 0 aliphatic heterocycles. The summed E-state index contributed by atoms with van der Waals surface area (Å²) < 4.78 is 2.61. The van der Waals surface area contributed by atoms with Crippen LogP contribution in [0.5, 0.6) is 0 Å². The van der Waals surface area contributed by atoms with Crippen LogP contribution in [0.15, 0.2) is 4.79 Å². The fraction of sp³-hybridized carbons (Fsp3) is 0.600. The number of nitrogens with zero attached hydrogens (tertiary/aromatic N) is 6. The van der Waals surface area contributed by atoms with E-state index in [4.69, 9.17) is 11.6 Å². The van der Waals surface area contributed by atoms with Crippen LogP contribution in [0, 0.1) is 0 Å². The highest BCUT2D eigenvalue weighted by molar-refractivity contribution is 6.34. The van der Waals surface area contributed by atoms with Crippen LogP contribution in [0.1, 0.15) is 61.0 Å². The Kier molecular flexibility index (Phi) is 5.12. The molecule has 9 nitrogen and oxygen atoms in total. The molecule has 0 bridgehead atoms. The van der Waals surface area contributed by atoms with Gasteiger partial charge < -0.3 is 0 Å². The Bertz CT molecular complexity index is 839. The van der Waals surface area contributed by atoms with Crippen molar-refractivity contribution in [2.24, 2.45) is 7.05 Å². The lowest BCUT2D eigenvalue weighted by atomic mass is 9.84. The molecular weight excluding hydrogens is 346 g/mol. The first-order valence-electron chi connectivity index (χ1n) is 8.37. The third kappa shape index (κ3) is 3.41. The van der Waals surface area contributed by atoms with Gasteiger partial charge in [0.25, 0.3) is 11.5 Å². The van der Waals surface area contributed by atoms with Gasteiger partial charge in [0, 0.05) is 19.2 Å². The predicted molar refractivity (Wildman–Crippen MR) is 91.8 cm³/mol. The van der Waals surface area contributed by atoms with Crippen LogP contribution in [0.3, 0.4) is 0 Å². The number of hydrogen-bond donors (Lipinski definition) is 1. The number of halogens is 1. The molecule has 0 unspecified atom stereocenters. The number of rotatable bonds is 4.